The van der Waals surface area contributed by atoms with Gasteiger partial charge in [-0.2, -0.15) is 0 Å². The Hall–Kier alpha value is -1.78. The highest BCUT2D eigenvalue weighted by Crippen LogP contribution is 2.37. The smallest absolute Gasteiger partial charge is 0.180 e. The molecule has 24 heavy (non-hydrogen) atoms. The highest BCUT2D eigenvalue weighted by Gasteiger charge is 2.13. The molecule has 2 rings (SSSR count). The van der Waals surface area contributed by atoms with Gasteiger partial charge in [0.2, 0.25) is 0 Å². The fourth-order valence-electron chi connectivity index (χ4n) is 2.29. The van der Waals surface area contributed by atoms with Crippen LogP contribution < -0.4 is 14.8 Å². The van der Waals surface area contributed by atoms with Crippen LogP contribution in [0.5, 0.6) is 11.5 Å². The van der Waals surface area contributed by atoms with E-state index in [4.69, 9.17) is 21.1 Å². The molecule has 0 aliphatic heterocycles. The van der Waals surface area contributed by atoms with Crippen LogP contribution in [0.4, 0.5) is 4.39 Å². The molecule has 0 saturated heterocycles. The van der Waals surface area contributed by atoms with Crippen LogP contribution in [-0.4, -0.2) is 13.7 Å². The Kier molecular flexibility index (Phi) is 6.88. The van der Waals surface area contributed by atoms with E-state index >= 15 is 0 Å². The first-order chi connectivity index (χ1) is 11.5. The number of ether oxygens (including phenoxy) is 2. The van der Waals surface area contributed by atoms with Crippen molar-refractivity contribution in [1.29, 1.82) is 0 Å². The van der Waals surface area contributed by atoms with Gasteiger partial charge in [-0.1, -0.05) is 43.6 Å². The Morgan fingerprint density at radius 1 is 1.21 bits per heavy atom. The van der Waals surface area contributed by atoms with Gasteiger partial charge in [-0.3, -0.25) is 0 Å². The molecule has 0 heterocycles. The molecule has 2 aromatic carbocycles. The molecule has 2 aromatic rings. The quantitative estimate of drug-likeness (QED) is 0.740. The number of hydrogen-bond donors (Lipinski definition) is 1. The topological polar surface area (TPSA) is 30.5 Å². The Balaban J connectivity index is 2.10. The number of hydrogen-bond acceptors (Lipinski definition) is 3. The van der Waals surface area contributed by atoms with Crippen LogP contribution >= 0.6 is 11.6 Å². The number of halogens is 2. The van der Waals surface area contributed by atoms with Crippen LogP contribution in [0.15, 0.2) is 36.4 Å². The largest absolute Gasteiger partial charge is 0.493 e. The third kappa shape index (κ3) is 5.11. The average molecular weight is 352 g/mol. The van der Waals surface area contributed by atoms with Gasteiger partial charge in [0.1, 0.15) is 12.4 Å². The first-order valence-corrected chi connectivity index (χ1v) is 8.32. The van der Waals surface area contributed by atoms with Gasteiger partial charge in [-0.25, -0.2) is 4.39 Å². The molecule has 0 atom stereocenters. The van der Waals surface area contributed by atoms with E-state index in [-0.39, 0.29) is 12.4 Å². The fraction of sp³-hybridized carbons (Fsp3) is 0.368. The molecule has 0 fully saturated rings. The van der Waals surface area contributed by atoms with Crippen molar-refractivity contribution in [2.75, 3.05) is 13.7 Å². The summed E-state index contributed by atoms with van der Waals surface area (Å²) < 4.78 is 24.8. The molecular weight excluding hydrogens is 329 g/mol. The van der Waals surface area contributed by atoms with E-state index in [0.717, 1.165) is 12.1 Å². The van der Waals surface area contributed by atoms with Crippen molar-refractivity contribution in [3.63, 3.8) is 0 Å². The molecule has 5 heteroatoms. The molecule has 3 nitrogen and oxygen atoms in total. The Bertz CT molecular complexity index is 676. The van der Waals surface area contributed by atoms with Gasteiger partial charge in [-0.15, -0.1) is 0 Å². The molecule has 0 saturated carbocycles. The first kappa shape index (κ1) is 18.6. The lowest BCUT2D eigenvalue weighted by Gasteiger charge is -2.15. The summed E-state index contributed by atoms with van der Waals surface area (Å²) in [6.45, 7) is 6.02. The molecule has 0 bridgehead atoms. The van der Waals surface area contributed by atoms with Gasteiger partial charge in [0.15, 0.2) is 11.5 Å². The minimum Gasteiger partial charge on any atom is -0.493 e. The molecule has 0 unspecified atom stereocenters. The van der Waals surface area contributed by atoms with Crippen LogP contribution in [0.2, 0.25) is 5.02 Å². The number of methoxy groups -OCH3 is 1. The van der Waals surface area contributed by atoms with Crippen LogP contribution in [0.1, 0.15) is 25.0 Å². The van der Waals surface area contributed by atoms with Gasteiger partial charge in [0, 0.05) is 12.1 Å². The predicted molar refractivity (Wildman–Crippen MR) is 95.3 cm³/mol. The lowest BCUT2D eigenvalue weighted by atomic mass is 10.1. The summed E-state index contributed by atoms with van der Waals surface area (Å²) >= 11 is 6.33. The monoisotopic (exact) mass is 351 g/mol. The Labute approximate surface area is 147 Å². The minimum absolute atomic E-state index is 0.0910. The van der Waals surface area contributed by atoms with Crippen molar-refractivity contribution in [2.24, 2.45) is 5.92 Å². The van der Waals surface area contributed by atoms with Gasteiger partial charge in [0.05, 0.1) is 12.1 Å². The Morgan fingerprint density at radius 3 is 2.62 bits per heavy atom. The van der Waals surface area contributed by atoms with Crippen molar-refractivity contribution < 1.29 is 13.9 Å². The lowest BCUT2D eigenvalue weighted by Crippen LogP contribution is -2.19. The second-order valence-electron chi connectivity index (χ2n) is 6.01. The summed E-state index contributed by atoms with van der Waals surface area (Å²) in [6, 6.07) is 10.2. The molecule has 1 N–H and O–H groups in total. The van der Waals surface area contributed by atoms with Gasteiger partial charge in [-0.05, 0) is 36.2 Å². The molecule has 0 aliphatic carbocycles. The van der Waals surface area contributed by atoms with Crippen molar-refractivity contribution in [2.45, 2.75) is 27.0 Å². The normalized spacial score (nSPS) is 10.9. The summed E-state index contributed by atoms with van der Waals surface area (Å²) in [4.78, 5) is 0. The van der Waals surface area contributed by atoms with E-state index < -0.39 is 0 Å². The van der Waals surface area contributed by atoms with E-state index in [2.05, 4.69) is 19.2 Å². The molecule has 0 amide bonds. The Morgan fingerprint density at radius 2 is 1.96 bits per heavy atom. The highest BCUT2D eigenvalue weighted by atomic mass is 35.5. The maximum Gasteiger partial charge on any atom is 0.180 e. The van der Waals surface area contributed by atoms with Crippen LogP contribution in [-0.2, 0) is 13.2 Å². The van der Waals surface area contributed by atoms with Crippen LogP contribution in [0, 0.1) is 11.7 Å². The zero-order chi connectivity index (χ0) is 17.5. The van der Waals surface area contributed by atoms with Crippen molar-refractivity contribution in [3.8, 4) is 11.5 Å². The minimum atomic E-state index is -0.304. The molecule has 0 radical (unpaired) electrons. The lowest BCUT2D eigenvalue weighted by molar-refractivity contribution is 0.279. The van der Waals surface area contributed by atoms with E-state index in [1.807, 2.05) is 12.1 Å². The van der Waals surface area contributed by atoms with Gasteiger partial charge in [0.25, 0.3) is 0 Å². The van der Waals surface area contributed by atoms with Crippen molar-refractivity contribution in [1.82, 2.24) is 5.32 Å². The van der Waals surface area contributed by atoms with Gasteiger partial charge >= 0.3 is 0 Å². The third-order valence-corrected chi connectivity index (χ3v) is 3.78. The second-order valence-corrected chi connectivity index (χ2v) is 6.42. The molecule has 130 valence electrons. The van der Waals surface area contributed by atoms with Crippen molar-refractivity contribution in [3.05, 3.63) is 58.4 Å². The number of rotatable bonds is 8. The summed E-state index contributed by atoms with van der Waals surface area (Å²) in [7, 11) is 1.56. The van der Waals surface area contributed by atoms with E-state index in [1.54, 1.807) is 25.3 Å². The fourth-order valence-corrected chi connectivity index (χ4v) is 2.57. The third-order valence-electron chi connectivity index (χ3n) is 3.50. The summed E-state index contributed by atoms with van der Waals surface area (Å²) in [5.74, 6) is 1.24. The summed E-state index contributed by atoms with van der Waals surface area (Å²) in [6.07, 6.45) is 0. The maximum absolute atomic E-state index is 13.7. The molecular formula is C19H23ClFNO2. The van der Waals surface area contributed by atoms with Crippen LogP contribution in [0.3, 0.4) is 0 Å². The SMILES string of the molecule is COc1cc(CNCC(C)C)cc(Cl)c1OCc1ccccc1F. The summed E-state index contributed by atoms with van der Waals surface area (Å²) in [5, 5.41) is 3.81. The van der Waals surface area contributed by atoms with E-state index in [9.17, 15) is 4.39 Å². The number of nitrogens with one attached hydrogen (secondary N) is 1. The van der Waals surface area contributed by atoms with Gasteiger partial charge < -0.3 is 14.8 Å². The zero-order valence-corrected chi connectivity index (χ0v) is 15.0. The average Bonchev–Trinajstić information content (AvgIpc) is 2.54. The molecule has 0 spiro atoms. The maximum atomic E-state index is 13.7. The van der Waals surface area contributed by atoms with E-state index in [1.165, 1.54) is 6.07 Å². The zero-order valence-electron chi connectivity index (χ0n) is 14.2. The predicted octanol–water partition coefficient (Wildman–Crippen LogP) is 4.81. The van der Waals surface area contributed by atoms with E-state index in [0.29, 0.717) is 34.5 Å². The highest BCUT2D eigenvalue weighted by molar-refractivity contribution is 6.32. The van der Waals surface area contributed by atoms with Crippen molar-refractivity contribution >= 4 is 11.6 Å². The molecule has 0 aliphatic rings. The van der Waals surface area contributed by atoms with Crippen LogP contribution in [0.25, 0.3) is 0 Å². The molecule has 0 aromatic heterocycles. The summed E-state index contributed by atoms with van der Waals surface area (Å²) in [5.41, 5.74) is 1.48. The second kappa shape index (κ2) is 8.90. The standard InChI is InChI=1S/C19H23ClFNO2/c1-13(2)10-22-11-14-8-16(20)19(18(9-14)23-3)24-12-15-6-4-5-7-17(15)21/h4-9,13,22H,10-12H2,1-3H3. The first-order valence-electron chi connectivity index (χ1n) is 7.94. The number of benzene rings is 2.